The van der Waals surface area contributed by atoms with Crippen LogP contribution in [0.2, 0.25) is 10.0 Å². The van der Waals surface area contributed by atoms with Gasteiger partial charge < -0.3 is 5.11 Å². The molecule has 0 unspecified atom stereocenters. The van der Waals surface area contributed by atoms with Crippen LogP contribution in [0.15, 0.2) is 12.1 Å². The maximum atomic E-state index is 10.6. The van der Waals surface area contributed by atoms with E-state index in [0.717, 1.165) is 0 Å². The molecule has 1 rings (SSSR count). The molecule has 4 nitrogen and oxygen atoms in total. The first kappa shape index (κ1) is 9.78. The Labute approximate surface area is 83.3 Å². The van der Waals surface area contributed by atoms with E-state index < -0.39 is 5.97 Å². The highest BCUT2D eigenvalue weighted by atomic mass is 35.5. The van der Waals surface area contributed by atoms with Crippen molar-refractivity contribution in [3.8, 4) is 0 Å². The van der Waals surface area contributed by atoms with Gasteiger partial charge in [-0.05, 0) is 12.1 Å². The van der Waals surface area contributed by atoms with E-state index >= 15 is 0 Å². The molecule has 0 aromatic heterocycles. The fourth-order valence-electron chi connectivity index (χ4n) is 0.842. The maximum Gasteiger partial charge on any atom is 0.419 e. The average molecular weight is 218 g/mol. The molecule has 1 aromatic rings. The standard InChI is InChI=1S/C7H2Cl2N2O2/c8-3-1-2-4(9)6(11-10)5(3)7(12)13/h1-2H/p+1. The molecule has 0 fully saturated rings. The van der Waals surface area contributed by atoms with E-state index in [-0.39, 0.29) is 21.3 Å². The maximum absolute atomic E-state index is 10.6. The van der Waals surface area contributed by atoms with Crippen molar-refractivity contribution in [2.24, 2.45) is 0 Å². The largest absolute Gasteiger partial charge is 0.477 e. The number of halogens is 2. The lowest BCUT2D eigenvalue weighted by Crippen LogP contribution is -1.97. The van der Waals surface area contributed by atoms with Gasteiger partial charge in [-0.15, -0.1) is 0 Å². The third-order valence-corrected chi connectivity index (χ3v) is 2.01. The number of carboxylic acids is 1. The van der Waals surface area contributed by atoms with Crippen molar-refractivity contribution in [1.82, 2.24) is 0 Å². The van der Waals surface area contributed by atoms with Crippen LogP contribution in [0.3, 0.4) is 0 Å². The minimum absolute atomic E-state index is 0.0234. The lowest BCUT2D eigenvalue weighted by atomic mass is 10.2. The van der Waals surface area contributed by atoms with Gasteiger partial charge in [0.15, 0.2) is 10.5 Å². The van der Waals surface area contributed by atoms with Gasteiger partial charge in [0.1, 0.15) is 5.02 Å². The summed E-state index contributed by atoms with van der Waals surface area (Å²) in [6.45, 7) is 0. The first-order valence-corrected chi connectivity index (χ1v) is 3.90. The zero-order valence-electron chi connectivity index (χ0n) is 6.16. The highest BCUT2D eigenvalue weighted by molar-refractivity contribution is 6.38. The molecule has 0 saturated carbocycles. The van der Waals surface area contributed by atoms with Gasteiger partial charge in [-0.2, -0.15) is 0 Å². The fraction of sp³-hybridized carbons (Fsp3) is 0. The van der Waals surface area contributed by atoms with Crippen LogP contribution in [0.1, 0.15) is 10.4 Å². The summed E-state index contributed by atoms with van der Waals surface area (Å²) in [6, 6.07) is 2.67. The molecule has 0 bridgehead atoms. The molecule has 0 heterocycles. The average Bonchev–Trinajstić information content (AvgIpc) is 2.07. The number of hydrogen-bond acceptors (Lipinski definition) is 2. The minimum atomic E-state index is -1.29. The molecule has 0 radical (unpaired) electrons. The lowest BCUT2D eigenvalue weighted by molar-refractivity contribution is 0.0698. The van der Waals surface area contributed by atoms with Gasteiger partial charge in [0.2, 0.25) is 5.39 Å². The summed E-state index contributed by atoms with van der Waals surface area (Å²) >= 11 is 11.1. The van der Waals surface area contributed by atoms with E-state index in [1.165, 1.54) is 12.1 Å². The molecule has 0 aliphatic heterocycles. The van der Waals surface area contributed by atoms with Crippen LogP contribution >= 0.6 is 23.2 Å². The summed E-state index contributed by atoms with van der Waals surface area (Å²) in [4.78, 5) is 13.4. The number of hydrogen-bond donors (Lipinski definition) is 1. The third kappa shape index (κ3) is 1.72. The predicted octanol–water partition coefficient (Wildman–Crippen LogP) is 3.18. The van der Waals surface area contributed by atoms with Gasteiger partial charge in [-0.3, -0.25) is 0 Å². The van der Waals surface area contributed by atoms with Gasteiger partial charge in [0, 0.05) is 0 Å². The molecular weight excluding hydrogens is 215 g/mol. The van der Waals surface area contributed by atoms with Gasteiger partial charge in [0.25, 0.3) is 0 Å². The Bertz CT molecular complexity index is 412. The molecule has 0 amide bonds. The lowest BCUT2D eigenvalue weighted by Gasteiger charge is -1.94. The van der Waals surface area contributed by atoms with Gasteiger partial charge in [-0.1, -0.05) is 23.2 Å². The molecule has 66 valence electrons. The topological polar surface area (TPSA) is 65.5 Å². The van der Waals surface area contributed by atoms with E-state index in [0.29, 0.717) is 0 Å². The predicted molar refractivity (Wildman–Crippen MR) is 48.2 cm³/mol. The first-order valence-electron chi connectivity index (χ1n) is 3.14. The van der Waals surface area contributed by atoms with Crippen molar-refractivity contribution >= 4 is 34.9 Å². The second kappa shape index (κ2) is 3.60. The summed E-state index contributed by atoms with van der Waals surface area (Å²) < 4.78 is 0. The molecule has 0 aliphatic rings. The number of aromatic carboxylic acids is 1. The monoisotopic (exact) mass is 217 g/mol. The van der Waals surface area contributed by atoms with Gasteiger partial charge >= 0.3 is 11.7 Å². The van der Waals surface area contributed by atoms with E-state index in [2.05, 4.69) is 4.98 Å². The first-order chi connectivity index (χ1) is 6.07. The molecule has 0 atom stereocenters. The van der Waals surface area contributed by atoms with Gasteiger partial charge in [-0.25, -0.2) is 4.79 Å². The van der Waals surface area contributed by atoms with Crippen LogP contribution in [-0.4, -0.2) is 11.1 Å². The van der Waals surface area contributed by atoms with Crippen molar-refractivity contribution in [1.29, 1.82) is 5.39 Å². The van der Waals surface area contributed by atoms with E-state index in [4.69, 9.17) is 33.7 Å². The van der Waals surface area contributed by atoms with Crippen LogP contribution in [-0.2, 0) is 0 Å². The second-order valence-corrected chi connectivity index (χ2v) is 2.97. The summed E-state index contributed by atoms with van der Waals surface area (Å²) in [5.41, 5.74) is -0.543. The summed E-state index contributed by atoms with van der Waals surface area (Å²) in [5, 5.41) is 17.2. The molecule has 0 spiro atoms. The molecule has 1 N–H and O–H groups in total. The number of carbonyl (C=O) groups is 1. The Balaban J connectivity index is 3.55. The highest BCUT2D eigenvalue weighted by Crippen LogP contribution is 2.33. The van der Waals surface area contributed by atoms with Crippen molar-refractivity contribution in [2.45, 2.75) is 0 Å². The zero-order chi connectivity index (χ0) is 10.0. The number of rotatable bonds is 1. The summed E-state index contributed by atoms with van der Waals surface area (Å²) in [5.74, 6) is -1.29. The number of carboxylic acid groups (broad SMARTS) is 1. The van der Waals surface area contributed by atoms with Crippen molar-refractivity contribution in [3.63, 3.8) is 0 Å². The third-order valence-electron chi connectivity index (χ3n) is 1.39. The van der Waals surface area contributed by atoms with Gasteiger partial charge in [0.05, 0.1) is 5.02 Å². The van der Waals surface area contributed by atoms with Crippen LogP contribution in [0.5, 0.6) is 0 Å². The Morgan fingerprint density at radius 1 is 1.38 bits per heavy atom. The number of nitrogens with zero attached hydrogens (tertiary/aromatic N) is 2. The number of diazo groups is 1. The smallest absolute Gasteiger partial charge is 0.419 e. The summed E-state index contributed by atoms with van der Waals surface area (Å²) in [7, 11) is 0. The van der Waals surface area contributed by atoms with Crippen molar-refractivity contribution in [3.05, 3.63) is 32.7 Å². The highest BCUT2D eigenvalue weighted by Gasteiger charge is 2.27. The molecule has 13 heavy (non-hydrogen) atoms. The van der Waals surface area contributed by atoms with Crippen molar-refractivity contribution < 1.29 is 9.90 Å². The second-order valence-electron chi connectivity index (χ2n) is 2.16. The minimum Gasteiger partial charge on any atom is -0.477 e. The molecule has 1 aromatic carbocycles. The van der Waals surface area contributed by atoms with Crippen LogP contribution in [0.25, 0.3) is 4.98 Å². The fourth-order valence-corrected chi connectivity index (χ4v) is 1.27. The Morgan fingerprint density at radius 2 is 1.92 bits per heavy atom. The van der Waals surface area contributed by atoms with E-state index in [9.17, 15) is 4.79 Å². The van der Waals surface area contributed by atoms with E-state index in [1.54, 1.807) is 0 Å². The van der Waals surface area contributed by atoms with Crippen LogP contribution in [0.4, 0.5) is 5.69 Å². The molecule has 0 aliphatic carbocycles. The van der Waals surface area contributed by atoms with Crippen LogP contribution < -0.4 is 0 Å². The molecule has 6 heteroatoms. The van der Waals surface area contributed by atoms with E-state index in [1.807, 2.05) is 0 Å². The normalized spacial score (nSPS) is 9.31. The zero-order valence-corrected chi connectivity index (χ0v) is 7.67. The SMILES string of the molecule is N#[N+]c1c(Cl)ccc(Cl)c1C(=O)O. The Morgan fingerprint density at radius 3 is 2.31 bits per heavy atom. The summed E-state index contributed by atoms with van der Waals surface area (Å²) in [6.07, 6.45) is 0. The Hall–Kier alpha value is -1.31. The number of benzene rings is 1. The molecular formula is C7H3Cl2N2O2+. The van der Waals surface area contributed by atoms with Crippen molar-refractivity contribution in [2.75, 3.05) is 0 Å². The Kier molecular flexibility index (Phi) is 2.71. The molecule has 0 saturated heterocycles. The quantitative estimate of drug-likeness (QED) is 0.736. The van der Waals surface area contributed by atoms with Crippen LogP contribution in [0, 0.1) is 5.39 Å².